The molecule has 18 heavy (non-hydrogen) atoms. The highest BCUT2D eigenvalue weighted by atomic mass is 16.5. The van der Waals surface area contributed by atoms with Crippen LogP contribution in [0, 0.1) is 12.8 Å². The zero-order valence-corrected chi connectivity index (χ0v) is 11.0. The molecule has 3 heteroatoms. The third-order valence-corrected chi connectivity index (χ3v) is 3.60. The second-order valence-corrected chi connectivity index (χ2v) is 5.30. The van der Waals surface area contributed by atoms with Crippen LogP contribution in [-0.4, -0.2) is 17.2 Å². The molecule has 1 fully saturated rings. The van der Waals surface area contributed by atoms with Gasteiger partial charge in [-0.2, -0.15) is 0 Å². The highest BCUT2D eigenvalue weighted by Gasteiger charge is 2.20. The van der Waals surface area contributed by atoms with Gasteiger partial charge in [-0.3, -0.25) is 0 Å². The number of benzene rings is 1. The number of carboxylic acids is 1. The number of hydrogen-bond donors (Lipinski definition) is 1. The molecule has 1 aromatic carbocycles. The topological polar surface area (TPSA) is 46.5 Å². The average molecular weight is 248 g/mol. The van der Waals surface area contributed by atoms with Crippen molar-refractivity contribution in [3.05, 3.63) is 29.3 Å². The minimum Gasteiger partial charge on any atom is -0.490 e. The molecule has 3 nitrogen and oxygen atoms in total. The lowest BCUT2D eigenvalue weighted by molar-refractivity contribution is 0.0696. The van der Waals surface area contributed by atoms with Gasteiger partial charge in [-0.15, -0.1) is 0 Å². The van der Waals surface area contributed by atoms with Gasteiger partial charge < -0.3 is 9.84 Å². The predicted molar refractivity (Wildman–Crippen MR) is 70.2 cm³/mol. The van der Waals surface area contributed by atoms with E-state index in [-0.39, 0.29) is 6.10 Å². The summed E-state index contributed by atoms with van der Waals surface area (Å²) in [6, 6.07) is 5.05. The maximum absolute atomic E-state index is 10.9. The van der Waals surface area contributed by atoms with E-state index < -0.39 is 5.97 Å². The summed E-state index contributed by atoms with van der Waals surface area (Å²) in [6.07, 6.45) is 4.99. The van der Waals surface area contributed by atoms with E-state index in [0.29, 0.717) is 5.56 Å². The quantitative estimate of drug-likeness (QED) is 0.888. The van der Waals surface area contributed by atoms with E-state index in [1.807, 2.05) is 6.92 Å². The lowest BCUT2D eigenvalue weighted by Gasteiger charge is -2.28. The Morgan fingerprint density at radius 1 is 1.39 bits per heavy atom. The molecule has 1 N–H and O–H groups in total. The first-order valence-electron chi connectivity index (χ1n) is 6.57. The summed E-state index contributed by atoms with van der Waals surface area (Å²) in [6.45, 7) is 4.16. The molecule has 1 aromatic rings. The van der Waals surface area contributed by atoms with Gasteiger partial charge in [-0.05, 0) is 55.9 Å². The number of hydrogen-bond acceptors (Lipinski definition) is 2. The van der Waals surface area contributed by atoms with Crippen molar-refractivity contribution in [3.8, 4) is 5.75 Å². The molecule has 0 amide bonds. The summed E-state index contributed by atoms with van der Waals surface area (Å²) in [5.74, 6) is 0.650. The Labute approximate surface area is 108 Å². The molecule has 1 saturated carbocycles. The molecule has 1 aliphatic rings. The van der Waals surface area contributed by atoms with Crippen LogP contribution in [0.5, 0.6) is 5.75 Å². The highest BCUT2D eigenvalue weighted by Crippen LogP contribution is 2.29. The predicted octanol–water partition coefficient (Wildman–Crippen LogP) is 3.65. The van der Waals surface area contributed by atoms with Crippen LogP contribution in [0.3, 0.4) is 0 Å². The van der Waals surface area contributed by atoms with E-state index in [1.54, 1.807) is 18.2 Å². The third-order valence-electron chi connectivity index (χ3n) is 3.60. The van der Waals surface area contributed by atoms with E-state index in [0.717, 1.165) is 30.1 Å². The number of rotatable bonds is 3. The van der Waals surface area contributed by atoms with Crippen molar-refractivity contribution in [2.24, 2.45) is 5.92 Å². The van der Waals surface area contributed by atoms with Crippen LogP contribution in [0.4, 0.5) is 0 Å². The van der Waals surface area contributed by atoms with Gasteiger partial charge >= 0.3 is 5.97 Å². The third kappa shape index (κ3) is 3.03. The van der Waals surface area contributed by atoms with Gasteiger partial charge in [0.25, 0.3) is 0 Å². The fourth-order valence-corrected chi connectivity index (χ4v) is 2.58. The summed E-state index contributed by atoms with van der Waals surface area (Å²) in [5, 5.41) is 8.92. The molecule has 2 rings (SSSR count). The Morgan fingerprint density at radius 3 is 2.78 bits per heavy atom. The molecule has 0 aliphatic heterocycles. The molecule has 0 heterocycles. The van der Waals surface area contributed by atoms with E-state index in [4.69, 9.17) is 9.84 Å². The molecule has 0 aromatic heterocycles. The van der Waals surface area contributed by atoms with E-state index in [1.165, 1.54) is 12.8 Å². The van der Waals surface area contributed by atoms with Crippen molar-refractivity contribution < 1.29 is 14.6 Å². The van der Waals surface area contributed by atoms with Crippen LogP contribution in [0.15, 0.2) is 18.2 Å². The Balaban J connectivity index is 2.07. The van der Waals surface area contributed by atoms with Gasteiger partial charge in [0, 0.05) is 0 Å². The van der Waals surface area contributed by atoms with Gasteiger partial charge in [-0.1, -0.05) is 13.3 Å². The molecular formula is C15H20O3. The molecule has 98 valence electrons. The summed E-state index contributed by atoms with van der Waals surface area (Å²) >= 11 is 0. The van der Waals surface area contributed by atoms with Crippen LogP contribution in [-0.2, 0) is 0 Å². The fraction of sp³-hybridized carbons (Fsp3) is 0.533. The Bertz CT molecular complexity index is 439. The van der Waals surface area contributed by atoms with Crippen molar-refractivity contribution in [2.75, 3.05) is 0 Å². The number of ether oxygens (including phenoxy) is 1. The van der Waals surface area contributed by atoms with Crippen LogP contribution >= 0.6 is 0 Å². The van der Waals surface area contributed by atoms with Gasteiger partial charge in [0.1, 0.15) is 5.75 Å². The van der Waals surface area contributed by atoms with Gasteiger partial charge in [0.15, 0.2) is 0 Å². The summed E-state index contributed by atoms with van der Waals surface area (Å²) in [5.41, 5.74) is 1.21. The van der Waals surface area contributed by atoms with Crippen molar-refractivity contribution >= 4 is 5.97 Å². The summed E-state index contributed by atoms with van der Waals surface area (Å²) in [4.78, 5) is 10.9. The SMILES string of the molecule is Cc1cc(C(=O)O)ccc1OC1CCCC(C)C1. The van der Waals surface area contributed by atoms with Gasteiger partial charge in [-0.25, -0.2) is 4.79 Å². The first kappa shape index (κ1) is 12.9. The standard InChI is InChI=1S/C15H20O3/c1-10-4-3-5-13(8-10)18-14-7-6-12(15(16)17)9-11(14)2/h6-7,9-10,13H,3-5,8H2,1-2H3,(H,16,17). The fourth-order valence-electron chi connectivity index (χ4n) is 2.58. The Kier molecular flexibility index (Phi) is 3.90. The minimum atomic E-state index is -0.893. The molecule has 2 atom stereocenters. The second kappa shape index (κ2) is 5.42. The van der Waals surface area contributed by atoms with Crippen molar-refractivity contribution in [3.63, 3.8) is 0 Å². The first-order valence-corrected chi connectivity index (χ1v) is 6.57. The maximum Gasteiger partial charge on any atom is 0.335 e. The molecule has 0 radical (unpaired) electrons. The minimum absolute atomic E-state index is 0.281. The molecule has 1 aliphatic carbocycles. The van der Waals surface area contributed by atoms with Crippen LogP contribution in [0.2, 0.25) is 0 Å². The lowest BCUT2D eigenvalue weighted by Crippen LogP contribution is -2.24. The van der Waals surface area contributed by atoms with Crippen molar-refractivity contribution in [1.29, 1.82) is 0 Å². The number of aromatic carboxylic acids is 1. The number of aryl methyl sites for hydroxylation is 1. The van der Waals surface area contributed by atoms with Crippen molar-refractivity contribution in [1.82, 2.24) is 0 Å². The highest BCUT2D eigenvalue weighted by molar-refractivity contribution is 5.88. The van der Waals surface area contributed by atoms with Crippen LogP contribution in [0.1, 0.15) is 48.5 Å². The molecule has 0 bridgehead atoms. The Morgan fingerprint density at radius 2 is 2.17 bits per heavy atom. The first-order chi connectivity index (χ1) is 8.56. The summed E-state index contributed by atoms with van der Waals surface area (Å²) in [7, 11) is 0. The molecule has 2 unspecified atom stereocenters. The van der Waals surface area contributed by atoms with E-state index >= 15 is 0 Å². The zero-order valence-electron chi connectivity index (χ0n) is 11.0. The normalized spacial score (nSPS) is 23.7. The molecule has 0 spiro atoms. The maximum atomic E-state index is 10.9. The van der Waals surface area contributed by atoms with E-state index in [2.05, 4.69) is 6.92 Å². The van der Waals surface area contributed by atoms with Crippen LogP contribution in [0.25, 0.3) is 0 Å². The lowest BCUT2D eigenvalue weighted by atomic mass is 9.88. The average Bonchev–Trinajstić information content (AvgIpc) is 2.31. The zero-order chi connectivity index (χ0) is 13.1. The summed E-state index contributed by atoms with van der Waals surface area (Å²) < 4.78 is 6.00. The second-order valence-electron chi connectivity index (χ2n) is 5.30. The number of carboxylic acid groups (broad SMARTS) is 1. The van der Waals surface area contributed by atoms with Gasteiger partial charge in [0.05, 0.1) is 11.7 Å². The number of carbonyl (C=O) groups is 1. The van der Waals surface area contributed by atoms with Crippen molar-refractivity contribution in [2.45, 2.75) is 45.6 Å². The molecular weight excluding hydrogens is 228 g/mol. The molecule has 0 saturated heterocycles. The smallest absolute Gasteiger partial charge is 0.335 e. The van der Waals surface area contributed by atoms with E-state index in [9.17, 15) is 4.79 Å². The van der Waals surface area contributed by atoms with Crippen LogP contribution < -0.4 is 4.74 Å². The largest absolute Gasteiger partial charge is 0.490 e. The Hall–Kier alpha value is -1.51. The monoisotopic (exact) mass is 248 g/mol. The van der Waals surface area contributed by atoms with Gasteiger partial charge in [0.2, 0.25) is 0 Å².